The Kier molecular flexibility index (Phi) is 10.9. The summed E-state index contributed by atoms with van der Waals surface area (Å²) < 4.78 is 27.5. The summed E-state index contributed by atoms with van der Waals surface area (Å²) in [4.78, 5) is 0. The molecule has 7 N–H and O–H groups in total. The van der Waals surface area contributed by atoms with Crippen LogP contribution in [0.15, 0.2) is 0 Å². The maximum Gasteiger partial charge on any atom is 0.160 e. The Morgan fingerprint density at radius 2 is 1.45 bits per heavy atom. The molecular formula is C19H36O12. The van der Waals surface area contributed by atoms with E-state index < -0.39 is 74.1 Å². The van der Waals surface area contributed by atoms with Crippen LogP contribution in [0.3, 0.4) is 0 Å². The standard InChI is InChI=1S/C19H36O12/c1-3-27-13(17(24)9(2)21)7-28-16-5-11(23)19(26)14(31-16)8-29-15-4-10(22)18(25)12(6-20)30-15/h9-26H,3-8H2,1-2H3/t9-,10-,11-,12-,13-,14-,15+,16+,17+,18+,19+/m1/s1. The average Bonchev–Trinajstić information content (AvgIpc) is 2.73. The van der Waals surface area contributed by atoms with E-state index in [0.717, 1.165) is 0 Å². The summed E-state index contributed by atoms with van der Waals surface area (Å²) in [6.07, 6.45) is -11.8. The highest BCUT2D eigenvalue weighted by Crippen LogP contribution is 2.25. The van der Waals surface area contributed by atoms with Gasteiger partial charge in [-0.2, -0.15) is 0 Å². The van der Waals surface area contributed by atoms with Crippen molar-refractivity contribution in [3.63, 3.8) is 0 Å². The molecule has 0 amide bonds. The molecule has 2 rings (SSSR count). The highest BCUT2D eigenvalue weighted by molar-refractivity contribution is 4.85. The van der Waals surface area contributed by atoms with Gasteiger partial charge in [-0.3, -0.25) is 0 Å². The van der Waals surface area contributed by atoms with Crippen molar-refractivity contribution in [2.24, 2.45) is 0 Å². The number of rotatable bonds is 11. The Balaban J connectivity index is 1.88. The van der Waals surface area contributed by atoms with Crippen molar-refractivity contribution >= 4 is 0 Å². The van der Waals surface area contributed by atoms with Crippen molar-refractivity contribution in [1.29, 1.82) is 0 Å². The van der Waals surface area contributed by atoms with E-state index in [1.807, 2.05) is 0 Å². The lowest BCUT2D eigenvalue weighted by molar-refractivity contribution is -0.295. The van der Waals surface area contributed by atoms with Crippen LogP contribution in [-0.4, -0.2) is 130 Å². The Morgan fingerprint density at radius 3 is 2.00 bits per heavy atom. The summed E-state index contributed by atoms with van der Waals surface area (Å²) in [5.41, 5.74) is 0. The van der Waals surface area contributed by atoms with E-state index in [-0.39, 0.29) is 32.7 Å². The molecule has 11 atom stereocenters. The molecule has 184 valence electrons. The van der Waals surface area contributed by atoms with E-state index >= 15 is 0 Å². The predicted molar refractivity (Wildman–Crippen MR) is 103 cm³/mol. The summed E-state index contributed by atoms with van der Waals surface area (Å²) in [5, 5.41) is 68.8. The lowest BCUT2D eigenvalue weighted by Crippen LogP contribution is -2.54. The Hall–Kier alpha value is -0.480. The maximum absolute atomic E-state index is 10.2. The molecule has 2 fully saturated rings. The average molecular weight is 456 g/mol. The molecule has 12 nitrogen and oxygen atoms in total. The molecule has 12 heteroatoms. The fourth-order valence-corrected chi connectivity index (χ4v) is 3.51. The SMILES string of the molecule is CCO[C@H](CO[C@@H]1C[C@@H](O)[C@H](O)[C@@H](CO[C@@H]2C[C@@H](O)[C@H](O)[C@@H](CO)O2)O1)[C@@H](O)[C@@H](C)O. The van der Waals surface area contributed by atoms with Gasteiger partial charge in [0.05, 0.1) is 38.1 Å². The molecule has 0 unspecified atom stereocenters. The van der Waals surface area contributed by atoms with E-state index in [1.54, 1.807) is 6.92 Å². The van der Waals surface area contributed by atoms with Crippen LogP contribution in [0.25, 0.3) is 0 Å². The van der Waals surface area contributed by atoms with Gasteiger partial charge in [-0.15, -0.1) is 0 Å². The van der Waals surface area contributed by atoms with Gasteiger partial charge in [-0.1, -0.05) is 0 Å². The number of ether oxygens (including phenoxy) is 5. The van der Waals surface area contributed by atoms with E-state index in [1.165, 1.54) is 6.92 Å². The van der Waals surface area contributed by atoms with Crippen LogP contribution >= 0.6 is 0 Å². The third-order valence-corrected chi connectivity index (χ3v) is 5.40. The maximum atomic E-state index is 10.2. The minimum atomic E-state index is -1.27. The lowest BCUT2D eigenvalue weighted by atomic mass is 10.0. The zero-order chi connectivity index (χ0) is 23.1. The molecule has 0 saturated carbocycles. The van der Waals surface area contributed by atoms with Crippen molar-refractivity contribution in [2.45, 2.75) is 94.2 Å². The molecule has 31 heavy (non-hydrogen) atoms. The Bertz CT molecular complexity index is 508. The molecule has 0 radical (unpaired) electrons. The van der Waals surface area contributed by atoms with Crippen molar-refractivity contribution < 1.29 is 59.4 Å². The molecule has 2 heterocycles. The van der Waals surface area contributed by atoms with Crippen molar-refractivity contribution in [2.75, 3.05) is 26.4 Å². The molecule has 0 aromatic heterocycles. The summed E-state index contributed by atoms with van der Waals surface area (Å²) >= 11 is 0. The second kappa shape index (κ2) is 12.7. The van der Waals surface area contributed by atoms with Gasteiger partial charge in [-0.05, 0) is 13.8 Å². The zero-order valence-corrected chi connectivity index (χ0v) is 17.8. The van der Waals surface area contributed by atoms with Crippen molar-refractivity contribution in [3.05, 3.63) is 0 Å². The fourth-order valence-electron chi connectivity index (χ4n) is 3.51. The number of hydrogen-bond acceptors (Lipinski definition) is 12. The summed E-state index contributed by atoms with van der Waals surface area (Å²) in [6.45, 7) is 2.61. The van der Waals surface area contributed by atoms with Crippen molar-refractivity contribution in [1.82, 2.24) is 0 Å². The minimum absolute atomic E-state index is 0.0291. The molecule has 2 aliphatic rings. The van der Waals surface area contributed by atoms with Gasteiger partial charge in [-0.25, -0.2) is 0 Å². The number of hydrogen-bond donors (Lipinski definition) is 7. The van der Waals surface area contributed by atoms with E-state index in [0.29, 0.717) is 0 Å². The highest BCUT2D eigenvalue weighted by Gasteiger charge is 2.41. The van der Waals surface area contributed by atoms with Gasteiger partial charge in [0.1, 0.15) is 36.6 Å². The van der Waals surface area contributed by atoms with Crippen LogP contribution in [0.5, 0.6) is 0 Å². The van der Waals surface area contributed by atoms with Crippen LogP contribution in [0.4, 0.5) is 0 Å². The second-order valence-electron chi connectivity index (χ2n) is 7.87. The van der Waals surface area contributed by atoms with Crippen LogP contribution in [0.2, 0.25) is 0 Å². The second-order valence-corrected chi connectivity index (χ2v) is 7.87. The first-order valence-electron chi connectivity index (χ1n) is 10.5. The highest BCUT2D eigenvalue weighted by atomic mass is 16.7. The van der Waals surface area contributed by atoms with E-state index in [4.69, 9.17) is 23.7 Å². The lowest BCUT2D eigenvalue weighted by Gasteiger charge is -2.39. The Morgan fingerprint density at radius 1 is 0.903 bits per heavy atom. The van der Waals surface area contributed by atoms with Crippen molar-refractivity contribution in [3.8, 4) is 0 Å². The van der Waals surface area contributed by atoms with Gasteiger partial charge < -0.3 is 59.4 Å². The smallest absolute Gasteiger partial charge is 0.160 e. The first kappa shape index (κ1) is 26.8. The predicted octanol–water partition coefficient (Wildman–Crippen LogP) is -3.17. The third-order valence-electron chi connectivity index (χ3n) is 5.40. The third kappa shape index (κ3) is 7.52. The topological polar surface area (TPSA) is 188 Å². The molecule has 0 aliphatic carbocycles. The molecule has 0 aromatic rings. The fraction of sp³-hybridized carbons (Fsp3) is 1.00. The summed E-state index contributed by atoms with van der Waals surface area (Å²) in [5.74, 6) is 0. The van der Waals surface area contributed by atoms with Gasteiger partial charge in [0.2, 0.25) is 0 Å². The van der Waals surface area contributed by atoms with Gasteiger partial charge in [0, 0.05) is 19.4 Å². The van der Waals surface area contributed by atoms with E-state index in [2.05, 4.69) is 0 Å². The number of aliphatic hydroxyl groups is 7. The van der Waals surface area contributed by atoms with Crippen LogP contribution in [0, 0.1) is 0 Å². The summed E-state index contributed by atoms with van der Waals surface area (Å²) in [6, 6.07) is 0. The Labute approximate surface area is 180 Å². The quantitative estimate of drug-likeness (QED) is 0.165. The van der Waals surface area contributed by atoms with Gasteiger partial charge >= 0.3 is 0 Å². The molecule has 0 aromatic carbocycles. The van der Waals surface area contributed by atoms with Gasteiger partial charge in [0.25, 0.3) is 0 Å². The monoisotopic (exact) mass is 456 g/mol. The van der Waals surface area contributed by atoms with Crippen LogP contribution < -0.4 is 0 Å². The molecule has 2 saturated heterocycles. The van der Waals surface area contributed by atoms with E-state index in [9.17, 15) is 35.7 Å². The van der Waals surface area contributed by atoms with Crippen LogP contribution in [-0.2, 0) is 23.7 Å². The first-order valence-corrected chi connectivity index (χ1v) is 10.5. The first-order chi connectivity index (χ1) is 14.7. The molecular weight excluding hydrogens is 420 g/mol. The van der Waals surface area contributed by atoms with Gasteiger partial charge in [0.15, 0.2) is 12.6 Å². The molecule has 0 bridgehead atoms. The summed E-state index contributed by atoms with van der Waals surface area (Å²) in [7, 11) is 0. The molecule has 0 spiro atoms. The normalized spacial score (nSPS) is 39.8. The minimum Gasteiger partial charge on any atom is -0.394 e. The molecule has 2 aliphatic heterocycles. The number of aliphatic hydroxyl groups excluding tert-OH is 7. The largest absolute Gasteiger partial charge is 0.394 e. The zero-order valence-electron chi connectivity index (χ0n) is 17.8. The van der Waals surface area contributed by atoms with Crippen LogP contribution in [0.1, 0.15) is 26.7 Å².